The number of nitrogens with zero attached hydrogens (tertiary/aromatic N) is 5. The van der Waals surface area contributed by atoms with Crippen LogP contribution in [0.4, 0.5) is 0 Å². The third-order valence-electron chi connectivity index (χ3n) is 5.52. The summed E-state index contributed by atoms with van der Waals surface area (Å²) in [4.78, 5) is 12.3. The van der Waals surface area contributed by atoms with Crippen LogP contribution in [-0.4, -0.2) is 84.7 Å². The smallest absolute Gasteiger partial charge is 0.194 e. The van der Waals surface area contributed by atoms with Gasteiger partial charge in [0.25, 0.3) is 0 Å². The quantitative estimate of drug-likeness (QED) is 0.445. The van der Waals surface area contributed by atoms with Crippen molar-refractivity contribution in [2.45, 2.75) is 39.7 Å². The first-order valence-corrected chi connectivity index (χ1v) is 10.6. The zero-order valence-electron chi connectivity index (χ0n) is 17.1. The second-order valence-corrected chi connectivity index (χ2v) is 7.89. The number of aromatic nitrogens is 1. The van der Waals surface area contributed by atoms with Gasteiger partial charge in [-0.2, -0.15) is 0 Å². The van der Waals surface area contributed by atoms with Crippen LogP contribution in [0, 0.1) is 5.92 Å². The molecule has 3 heterocycles. The van der Waals surface area contributed by atoms with E-state index in [2.05, 4.69) is 39.0 Å². The van der Waals surface area contributed by atoms with E-state index >= 15 is 0 Å². The molecule has 0 aliphatic carbocycles. The number of piperazine rings is 1. The minimum atomic E-state index is 0.855. The van der Waals surface area contributed by atoms with Crippen molar-refractivity contribution in [3.63, 3.8) is 0 Å². The van der Waals surface area contributed by atoms with Gasteiger partial charge < -0.3 is 19.6 Å². The fourth-order valence-electron chi connectivity index (χ4n) is 4.06. The molecule has 2 aliphatic rings. The molecule has 7 nitrogen and oxygen atoms in total. The second kappa shape index (κ2) is 10.7. The van der Waals surface area contributed by atoms with Crippen molar-refractivity contribution in [3.05, 3.63) is 18.0 Å². The van der Waals surface area contributed by atoms with E-state index in [0.717, 1.165) is 69.8 Å². The summed E-state index contributed by atoms with van der Waals surface area (Å²) in [5.41, 5.74) is 1.01. The molecule has 1 atom stereocenters. The zero-order valence-corrected chi connectivity index (χ0v) is 17.1. The lowest BCUT2D eigenvalue weighted by Gasteiger charge is -2.36. The van der Waals surface area contributed by atoms with Crippen molar-refractivity contribution in [3.8, 4) is 0 Å². The van der Waals surface area contributed by atoms with E-state index in [4.69, 9.17) is 9.52 Å². The van der Waals surface area contributed by atoms with Gasteiger partial charge in [-0.25, -0.2) is 0 Å². The standard InChI is InChI=1S/C20H36N6O/c1-3-21-20(22-8-5-10-24-9-4-6-18(2)16-24)26-13-11-25(12-14-26)17-19-7-15-27-23-19/h7,15,18H,3-6,8-14,16-17H2,1-2H3,(H,21,22). The summed E-state index contributed by atoms with van der Waals surface area (Å²) in [6.07, 6.45) is 5.54. The maximum atomic E-state index is 4.93. The van der Waals surface area contributed by atoms with E-state index in [1.165, 1.54) is 32.5 Å². The SMILES string of the molecule is CCNC(=NCCCN1CCCC(C)C1)N1CCN(Cc2ccon2)CC1. The topological polar surface area (TPSA) is 60.1 Å². The van der Waals surface area contributed by atoms with Crippen molar-refractivity contribution < 1.29 is 4.52 Å². The number of likely N-dealkylation sites (tertiary alicyclic amines) is 1. The van der Waals surface area contributed by atoms with Crippen molar-refractivity contribution in [2.24, 2.45) is 10.9 Å². The molecule has 2 saturated heterocycles. The normalized spacial score (nSPS) is 23.0. The maximum absolute atomic E-state index is 4.93. The van der Waals surface area contributed by atoms with E-state index in [1.807, 2.05) is 6.07 Å². The Bertz CT molecular complexity index is 553. The predicted molar refractivity (Wildman–Crippen MR) is 109 cm³/mol. The number of nitrogens with one attached hydrogen (secondary N) is 1. The number of guanidine groups is 1. The van der Waals surface area contributed by atoms with Gasteiger partial charge in [0.05, 0.1) is 5.69 Å². The summed E-state index contributed by atoms with van der Waals surface area (Å²) < 4.78 is 4.93. The lowest BCUT2D eigenvalue weighted by Crippen LogP contribution is -2.52. The van der Waals surface area contributed by atoms with Crippen LogP contribution in [0.25, 0.3) is 0 Å². The molecule has 3 rings (SSSR count). The van der Waals surface area contributed by atoms with Crippen LogP contribution in [0.15, 0.2) is 21.8 Å². The Morgan fingerprint density at radius 2 is 2.11 bits per heavy atom. The number of rotatable bonds is 7. The third kappa shape index (κ3) is 6.50. The molecule has 1 N–H and O–H groups in total. The fraction of sp³-hybridized carbons (Fsp3) is 0.800. The van der Waals surface area contributed by atoms with E-state index in [0.29, 0.717) is 0 Å². The van der Waals surface area contributed by atoms with Crippen molar-refractivity contribution in [2.75, 3.05) is 58.9 Å². The first kappa shape index (κ1) is 20.1. The van der Waals surface area contributed by atoms with Crippen LogP contribution in [-0.2, 0) is 6.54 Å². The highest BCUT2D eigenvalue weighted by Crippen LogP contribution is 2.15. The van der Waals surface area contributed by atoms with Crippen LogP contribution in [0.3, 0.4) is 0 Å². The molecule has 0 saturated carbocycles. The van der Waals surface area contributed by atoms with Gasteiger partial charge in [-0.1, -0.05) is 12.1 Å². The molecule has 1 unspecified atom stereocenters. The monoisotopic (exact) mass is 376 g/mol. The average Bonchev–Trinajstić information content (AvgIpc) is 3.18. The second-order valence-electron chi connectivity index (χ2n) is 7.89. The molecule has 1 aromatic rings. The Morgan fingerprint density at radius 1 is 1.26 bits per heavy atom. The molecule has 0 radical (unpaired) electrons. The molecule has 0 aromatic carbocycles. The molecule has 2 aliphatic heterocycles. The Morgan fingerprint density at radius 3 is 2.81 bits per heavy atom. The van der Waals surface area contributed by atoms with Gasteiger partial charge in [-0.05, 0) is 45.2 Å². The highest BCUT2D eigenvalue weighted by molar-refractivity contribution is 5.80. The molecule has 2 fully saturated rings. The first-order chi connectivity index (χ1) is 13.2. The summed E-state index contributed by atoms with van der Waals surface area (Å²) in [6.45, 7) is 15.0. The van der Waals surface area contributed by atoms with Crippen LogP contribution < -0.4 is 5.32 Å². The van der Waals surface area contributed by atoms with E-state index in [1.54, 1.807) is 6.26 Å². The predicted octanol–water partition coefficient (Wildman–Crippen LogP) is 1.88. The van der Waals surface area contributed by atoms with Crippen molar-refractivity contribution in [1.82, 2.24) is 25.2 Å². The number of hydrogen-bond donors (Lipinski definition) is 1. The zero-order chi connectivity index (χ0) is 18.9. The van der Waals surface area contributed by atoms with E-state index in [9.17, 15) is 0 Å². The minimum Gasteiger partial charge on any atom is -0.364 e. The highest BCUT2D eigenvalue weighted by Gasteiger charge is 2.20. The van der Waals surface area contributed by atoms with Gasteiger partial charge in [0.15, 0.2) is 5.96 Å². The first-order valence-electron chi connectivity index (χ1n) is 10.6. The third-order valence-corrected chi connectivity index (χ3v) is 5.52. The molecule has 1 aromatic heterocycles. The van der Waals surface area contributed by atoms with Crippen molar-refractivity contribution in [1.29, 1.82) is 0 Å². The van der Waals surface area contributed by atoms with Gasteiger partial charge in [-0.15, -0.1) is 0 Å². The molecule has 152 valence electrons. The van der Waals surface area contributed by atoms with Crippen molar-refractivity contribution >= 4 is 5.96 Å². The number of aliphatic imine (C=N–C) groups is 1. The molecular weight excluding hydrogens is 340 g/mol. The summed E-state index contributed by atoms with van der Waals surface area (Å²) in [5, 5.41) is 7.49. The van der Waals surface area contributed by atoms with E-state index < -0.39 is 0 Å². The van der Waals surface area contributed by atoms with Crippen LogP contribution in [0.5, 0.6) is 0 Å². The molecule has 0 bridgehead atoms. The van der Waals surface area contributed by atoms with Gasteiger partial charge in [0, 0.05) is 58.4 Å². The minimum absolute atomic E-state index is 0.855. The number of hydrogen-bond acceptors (Lipinski definition) is 5. The molecule has 27 heavy (non-hydrogen) atoms. The summed E-state index contributed by atoms with van der Waals surface area (Å²) >= 11 is 0. The van der Waals surface area contributed by atoms with E-state index in [-0.39, 0.29) is 0 Å². The summed E-state index contributed by atoms with van der Waals surface area (Å²) in [5.74, 6) is 1.93. The Hall–Kier alpha value is -1.60. The Balaban J connectivity index is 1.40. The number of piperidine rings is 1. The van der Waals surface area contributed by atoms with Gasteiger partial charge in [0.1, 0.15) is 6.26 Å². The lowest BCUT2D eigenvalue weighted by molar-refractivity contribution is 0.168. The van der Waals surface area contributed by atoms with Gasteiger partial charge in [-0.3, -0.25) is 9.89 Å². The fourth-order valence-corrected chi connectivity index (χ4v) is 4.06. The molecule has 7 heteroatoms. The highest BCUT2D eigenvalue weighted by atomic mass is 16.5. The van der Waals surface area contributed by atoms with Crippen LogP contribution in [0.2, 0.25) is 0 Å². The average molecular weight is 377 g/mol. The largest absolute Gasteiger partial charge is 0.364 e. The van der Waals surface area contributed by atoms with Gasteiger partial charge in [0.2, 0.25) is 0 Å². The van der Waals surface area contributed by atoms with Gasteiger partial charge >= 0.3 is 0 Å². The van der Waals surface area contributed by atoms with Crippen LogP contribution >= 0.6 is 0 Å². The Labute approximate surface area is 163 Å². The Kier molecular flexibility index (Phi) is 7.95. The molecular formula is C20H36N6O. The lowest BCUT2D eigenvalue weighted by atomic mass is 10.0. The summed E-state index contributed by atoms with van der Waals surface area (Å²) in [7, 11) is 0. The maximum Gasteiger partial charge on any atom is 0.194 e. The molecule has 0 spiro atoms. The molecule has 0 amide bonds. The summed E-state index contributed by atoms with van der Waals surface area (Å²) in [6, 6.07) is 1.95. The van der Waals surface area contributed by atoms with Crippen LogP contribution in [0.1, 0.15) is 38.8 Å².